The third kappa shape index (κ3) is 3.14. The predicted octanol–water partition coefficient (Wildman–Crippen LogP) is 3.69. The van der Waals surface area contributed by atoms with Crippen LogP contribution in [0.25, 0.3) is 10.9 Å². The van der Waals surface area contributed by atoms with Crippen LogP contribution in [0.1, 0.15) is 51.9 Å². The lowest BCUT2D eigenvalue weighted by atomic mass is 9.95. The van der Waals surface area contributed by atoms with Crippen LogP contribution in [0.2, 0.25) is 0 Å². The van der Waals surface area contributed by atoms with Gasteiger partial charge in [0.15, 0.2) is 0 Å². The van der Waals surface area contributed by atoms with E-state index in [0.717, 1.165) is 16.5 Å². The first-order valence-corrected chi connectivity index (χ1v) is 10.6. The number of benzene rings is 1. The van der Waals surface area contributed by atoms with Gasteiger partial charge in [0.1, 0.15) is 5.60 Å². The number of carbonyl (C=O) groups is 1. The molecule has 3 rings (SSSR count). The second kappa shape index (κ2) is 6.09. The Balaban J connectivity index is 2.27. The van der Waals surface area contributed by atoms with E-state index in [2.05, 4.69) is 0 Å². The Bertz CT molecular complexity index is 969. The summed E-state index contributed by atoms with van der Waals surface area (Å²) in [6.45, 7) is 9.18. The van der Waals surface area contributed by atoms with Gasteiger partial charge in [-0.2, -0.15) is 4.31 Å². The Kier molecular flexibility index (Phi) is 4.43. The van der Waals surface area contributed by atoms with Crippen molar-refractivity contribution in [2.75, 3.05) is 6.26 Å². The van der Waals surface area contributed by atoms with Gasteiger partial charge in [-0.1, -0.05) is 18.2 Å². The number of nitrogens with zero attached hydrogens (tertiary/aromatic N) is 2. The lowest BCUT2D eigenvalue weighted by Gasteiger charge is -2.37. The minimum absolute atomic E-state index is 0.176. The molecule has 142 valence electrons. The summed E-state index contributed by atoms with van der Waals surface area (Å²) < 4.78 is 33.3. The highest BCUT2D eigenvalue weighted by Gasteiger charge is 2.40. The van der Waals surface area contributed by atoms with Crippen molar-refractivity contribution in [3.8, 4) is 0 Å². The molecule has 2 heterocycles. The Morgan fingerprint density at radius 1 is 1.19 bits per heavy atom. The van der Waals surface area contributed by atoms with E-state index in [4.69, 9.17) is 4.74 Å². The predicted molar refractivity (Wildman–Crippen MR) is 102 cm³/mol. The van der Waals surface area contributed by atoms with E-state index < -0.39 is 27.8 Å². The Hall–Kier alpha value is -1.86. The van der Waals surface area contributed by atoms with Crippen LogP contribution in [0.15, 0.2) is 24.3 Å². The first-order valence-electron chi connectivity index (χ1n) is 8.76. The van der Waals surface area contributed by atoms with E-state index in [0.29, 0.717) is 12.1 Å². The minimum Gasteiger partial charge on any atom is -0.443 e. The maximum atomic E-state index is 13.0. The fourth-order valence-electron chi connectivity index (χ4n) is 3.99. The molecule has 0 bridgehead atoms. The van der Waals surface area contributed by atoms with Crippen molar-refractivity contribution in [2.45, 2.75) is 58.7 Å². The second-order valence-electron chi connectivity index (χ2n) is 8.02. The number of hydrogen-bond donors (Lipinski definition) is 0. The lowest BCUT2D eigenvalue weighted by molar-refractivity contribution is 0.0531. The summed E-state index contributed by atoms with van der Waals surface area (Å²) in [5.74, 6) is 0. The fraction of sp³-hybridized carbons (Fsp3) is 0.526. The van der Waals surface area contributed by atoms with Crippen LogP contribution in [0.5, 0.6) is 0 Å². The summed E-state index contributed by atoms with van der Waals surface area (Å²) in [7, 11) is -3.41. The van der Waals surface area contributed by atoms with Crippen molar-refractivity contribution < 1.29 is 17.9 Å². The van der Waals surface area contributed by atoms with Gasteiger partial charge in [-0.3, -0.25) is 0 Å². The summed E-state index contributed by atoms with van der Waals surface area (Å²) in [6.07, 6.45) is 1.29. The average Bonchev–Trinajstić information content (AvgIpc) is 2.79. The number of rotatable bonds is 1. The molecular weight excluding hydrogens is 352 g/mol. The highest BCUT2D eigenvalue weighted by atomic mass is 32.2. The third-order valence-corrected chi connectivity index (χ3v) is 6.13. The topological polar surface area (TPSA) is 68.6 Å². The number of fused-ring (bicyclic) bond motifs is 3. The molecule has 0 spiro atoms. The normalized spacial score (nSPS) is 21.6. The fourth-order valence-corrected chi connectivity index (χ4v) is 5.39. The van der Waals surface area contributed by atoms with Crippen LogP contribution in [0.3, 0.4) is 0 Å². The Labute approximate surface area is 154 Å². The van der Waals surface area contributed by atoms with Gasteiger partial charge in [-0.05, 0) is 52.7 Å². The first kappa shape index (κ1) is 18.9. The molecule has 2 aromatic rings. The number of hydrogen-bond acceptors (Lipinski definition) is 4. The van der Waals surface area contributed by atoms with Crippen molar-refractivity contribution >= 4 is 27.0 Å². The largest absolute Gasteiger partial charge is 0.443 e. The highest BCUT2D eigenvalue weighted by Crippen LogP contribution is 2.40. The van der Waals surface area contributed by atoms with Gasteiger partial charge in [0, 0.05) is 11.4 Å². The van der Waals surface area contributed by atoms with Gasteiger partial charge in [-0.25, -0.2) is 17.8 Å². The lowest BCUT2D eigenvalue weighted by Crippen LogP contribution is -2.45. The first-order chi connectivity index (χ1) is 11.9. The molecule has 2 unspecified atom stereocenters. The van der Waals surface area contributed by atoms with Gasteiger partial charge in [-0.15, -0.1) is 0 Å². The van der Waals surface area contributed by atoms with Crippen molar-refractivity contribution in [1.29, 1.82) is 0 Å². The van der Waals surface area contributed by atoms with Gasteiger partial charge >= 0.3 is 6.09 Å². The van der Waals surface area contributed by atoms with Crippen molar-refractivity contribution in [2.24, 2.45) is 0 Å². The molecule has 0 N–H and O–H groups in total. The molecule has 0 saturated carbocycles. The molecule has 1 aromatic heterocycles. The Morgan fingerprint density at radius 3 is 2.38 bits per heavy atom. The summed E-state index contributed by atoms with van der Waals surface area (Å²) in [5, 5.41) is 0.972. The molecule has 0 radical (unpaired) electrons. The number of aromatic nitrogens is 1. The molecule has 7 heteroatoms. The summed E-state index contributed by atoms with van der Waals surface area (Å²) in [6, 6.07) is 7.02. The van der Waals surface area contributed by atoms with Crippen molar-refractivity contribution in [3.05, 3.63) is 35.5 Å². The smallest absolute Gasteiger partial charge is 0.419 e. The molecule has 0 fully saturated rings. The van der Waals surface area contributed by atoms with Gasteiger partial charge < -0.3 is 4.74 Å². The molecule has 1 aliphatic heterocycles. The molecule has 0 saturated heterocycles. The molecule has 26 heavy (non-hydrogen) atoms. The zero-order chi connectivity index (χ0) is 19.4. The summed E-state index contributed by atoms with van der Waals surface area (Å²) >= 11 is 0. The zero-order valence-electron chi connectivity index (χ0n) is 16.1. The molecule has 2 atom stereocenters. The Morgan fingerprint density at radius 2 is 1.81 bits per heavy atom. The van der Waals surface area contributed by atoms with Crippen LogP contribution in [-0.2, 0) is 21.2 Å². The van der Waals surface area contributed by atoms with Crippen LogP contribution >= 0.6 is 0 Å². The maximum absolute atomic E-state index is 13.0. The minimum atomic E-state index is -3.41. The highest BCUT2D eigenvalue weighted by molar-refractivity contribution is 7.88. The van der Waals surface area contributed by atoms with Crippen LogP contribution in [-0.4, -0.2) is 41.3 Å². The van der Waals surface area contributed by atoms with Gasteiger partial charge in [0.05, 0.1) is 23.5 Å². The third-order valence-electron chi connectivity index (χ3n) is 4.69. The van der Waals surface area contributed by atoms with Crippen LogP contribution in [0.4, 0.5) is 4.79 Å². The van der Waals surface area contributed by atoms with E-state index in [9.17, 15) is 13.2 Å². The van der Waals surface area contributed by atoms with E-state index >= 15 is 0 Å². The SMILES string of the molecule is CC1Cc2c(n(C(=O)OC(C)(C)C)c3ccccc23)C(C)N1S(C)(=O)=O. The van der Waals surface area contributed by atoms with Crippen molar-refractivity contribution in [1.82, 2.24) is 8.87 Å². The maximum Gasteiger partial charge on any atom is 0.419 e. The van der Waals surface area contributed by atoms with E-state index in [1.807, 2.05) is 58.9 Å². The summed E-state index contributed by atoms with van der Waals surface area (Å²) in [5.41, 5.74) is 1.83. The van der Waals surface area contributed by atoms with E-state index in [-0.39, 0.29) is 6.04 Å². The summed E-state index contributed by atoms with van der Waals surface area (Å²) in [4.78, 5) is 13.0. The quantitative estimate of drug-likeness (QED) is 0.759. The van der Waals surface area contributed by atoms with Crippen molar-refractivity contribution in [3.63, 3.8) is 0 Å². The zero-order valence-corrected chi connectivity index (χ0v) is 16.9. The number of ether oxygens (including phenoxy) is 1. The van der Waals surface area contributed by atoms with E-state index in [1.54, 1.807) is 4.57 Å². The monoisotopic (exact) mass is 378 g/mol. The second-order valence-corrected chi connectivity index (χ2v) is 9.91. The molecular formula is C19H26N2O4S. The van der Waals surface area contributed by atoms with Gasteiger partial charge in [0.25, 0.3) is 0 Å². The van der Waals surface area contributed by atoms with Crippen LogP contribution < -0.4 is 0 Å². The molecule has 0 aliphatic carbocycles. The number of carbonyl (C=O) groups excluding carboxylic acids is 1. The van der Waals surface area contributed by atoms with E-state index in [1.165, 1.54) is 10.6 Å². The molecule has 1 aliphatic rings. The standard InChI is InChI=1S/C19H26N2O4S/c1-12-11-15-14-9-7-8-10-16(14)20(18(22)25-19(3,4)5)17(15)13(2)21(12)26(6,23)24/h7-10,12-13H,11H2,1-6H3. The molecule has 6 nitrogen and oxygen atoms in total. The average molecular weight is 378 g/mol. The number of para-hydroxylation sites is 1. The molecule has 0 amide bonds. The molecule has 1 aromatic carbocycles. The van der Waals surface area contributed by atoms with Crippen LogP contribution in [0, 0.1) is 0 Å². The van der Waals surface area contributed by atoms with Gasteiger partial charge in [0.2, 0.25) is 10.0 Å². The number of sulfonamides is 1.